The molecular formula is C20H22N3NaO4. The van der Waals surface area contributed by atoms with Crippen molar-refractivity contribution < 1.29 is 50.1 Å². The van der Waals surface area contributed by atoms with E-state index in [0.717, 1.165) is 16.7 Å². The molecule has 0 aromatic heterocycles. The van der Waals surface area contributed by atoms with Gasteiger partial charge in [-0.05, 0) is 16.7 Å². The van der Waals surface area contributed by atoms with Gasteiger partial charge < -0.3 is 22.1 Å². The number of carbonyl (C=O) groups excluding carboxylic acids is 3. The Morgan fingerprint density at radius 2 is 1.75 bits per heavy atom. The Hall–Kier alpha value is -2.35. The fourth-order valence-corrected chi connectivity index (χ4v) is 2.67. The van der Waals surface area contributed by atoms with Crippen molar-refractivity contribution >= 4 is 17.9 Å². The topological polar surface area (TPSA) is 96.5 Å². The zero-order valence-corrected chi connectivity index (χ0v) is 17.7. The summed E-state index contributed by atoms with van der Waals surface area (Å²) in [5.74, 6) is -0.395. The molecular weight excluding hydrogens is 369 g/mol. The summed E-state index contributed by atoms with van der Waals surface area (Å²) < 4.78 is 5.18. The minimum Gasteiger partial charge on any atom is -1.00 e. The van der Waals surface area contributed by atoms with Gasteiger partial charge in [0.1, 0.15) is 12.6 Å². The molecule has 1 heterocycles. The minimum absolute atomic E-state index is 0. The molecule has 1 unspecified atom stereocenters. The zero-order chi connectivity index (χ0) is 19.1. The molecule has 0 saturated carbocycles. The van der Waals surface area contributed by atoms with Crippen LogP contribution in [0.25, 0.3) is 0 Å². The van der Waals surface area contributed by atoms with E-state index in [2.05, 4.69) is 16.0 Å². The number of β-lactam (4-membered cyclic amide) rings is 1. The first-order valence-corrected chi connectivity index (χ1v) is 8.70. The fraction of sp³-hybridized carbons (Fsp3) is 0.250. The monoisotopic (exact) mass is 391 g/mol. The summed E-state index contributed by atoms with van der Waals surface area (Å²) in [7, 11) is 0. The molecule has 2 aromatic rings. The first-order chi connectivity index (χ1) is 13.1. The molecule has 0 spiro atoms. The molecule has 1 saturated heterocycles. The van der Waals surface area contributed by atoms with Gasteiger partial charge in [0, 0.05) is 13.1 Å². The van der Waals surface area contributed by atoms with E-state index < -0.39 is 12.1 Å². The Balaban J connectivity index is 0.00000210. The van der Waals surface area contributed by atoms with Crippen LogP contribution in [0, 0.1) is 0 Å². The van der Waals surface area contributed by atoms with Gasteiger partial charge in [0.05, 0.1) is 6.42 Å². The number of hydrogen-bond donors (Lipinski definition) is 3. The van der Waals surface area contributed by atoms with Crippen molar-refractivity contribution in [2.24, 2.45) is 0 Å². The maximum absolute atomic E-state index is 12.1. The summed E-state index contributed by atoms with van der Waals surface area (Å²) in [5.41, 5.74) is 2.52. The van der Waals surface area contributed by atoms with Gasteiger partial charge >= 0.3 is 35.7 Å². The van der Waals surface area contributed by atoms with E-state index >= 15 is 0 Å². The number of carbonyl (C=O) groups is 3. The molecule has 3 N–H and O–H groups in total. The first-order valence-electron chi connectivity index (χ1n) is 8.70. The second kappa shape index (κ2) is 10.8. The van der Waals surface area contributed by atoms with Gasteiger partial charge in [0.15, 0.2) is 0 Å². The Bertz CT molecular complexity index is 835. The molecule has 0 bridgehead atoms. The number of amides is 3. The van der Waals surface area contributed by atoms with Crippen molar-refractivity contribution in [3.8, 4) is 0 Å². The molecule has 1 aliphatic rings. The average Bonchev–Trinajstić information content (AvgIpc) is 2.69. The molecule has 0 radical (unpaired) electrons. The number of rotatable bonds is 7. The van der Waals surface area contributed by atoms with Crippen molar-refractivity contribution in [3.63, 3.8) is 0 Å². The fourth-order valence-electron chi connectivity index (χ4n) is 2.67. The molecule has 0 aliphatic carbocycles. The number of nitrogens with one attached hydrogen (secondary N) is 3. The first kappa shape index (κ1) is 21.9. The molecule has 28 heavy (non-hydrogen) atoms. The molecule has 1 fully saturated rings. The minimum atomic E-state index is -0.524. The van der Waals surface area contributed by atoms with Crippen LogP contribution in [0.3, 0.4) is 0 Å². The molecule has 7 nitrogen and oxygen atoms in total. The van der Waals surface area contributed by atoms with Gasteiger partial charge in [-0.2, -0.15) is 0 Å². The maximum Gasteiger partial charge on any atom is 1.00 e. The van der Waals surface area contributed by atoms with E-state index in [1.165, 1.54) is 0 Å². The van der Waals surface area contributed by atoms with Crippen LogP contribution in [0.5, 0.6) is 0 Å². The zero-order valence-electron chi connectivity index (χ0n) is 16.7. The van der Waals surface area contributed by atoms with E-state index in [4.69, 9.17) is 4.74 Å². The summed E-state index contributed by atoms with van der Waals surface area (Å²) in [4.78, 5) is 35.2. The van der Waals surface area contributed by atoms with Crippen LogP contribution in [0.2, 0.25) is 0 Å². The Morgan fingerprint density at radius 1 is 1.07 bits per heavy atom. The van der Waals surface area contributed by atoms with E-state index in [-0.39, 0.29) is 62.4 Å². The van der Waals surface area contributed by atoms with Crippen LogP contribution in [0.4, 0.5) is 4.79 Å². The standard InChI is InChI=1S/C20H21N3O4.Na.H/c24-18(23-17-12-21-19(17)25)10-15-8-4-5-9-16(15)11-22-20(26)27-13-14-6-2-1-3-7-14;;/h1-9,17H,10-13H2,(H,21,25)(H,22,26)(H,23,24);;/q;+1;-1. The van der Waals surface area contributed by atoms with Crippen LogP contribution < -0.4 is 45.5 Å². The van der Waals surface area contributed by atoms with Gasteiger partial charge in [-0.3, -0.25) is 9.59 Å². The molecule has 1 atom stereocenters. The molecule has 142 valence electrons. The maximum atomic E-state index is 12.1. The van der Waals surface area contributed by atoms with Crippen LogP contribution in [-0.4, -0.2) is 30.5 Å². The van der Waals surface area contributed by atoms with E-state index in [1.54, 1.807) is 0 Å². The number of ether oxygens (including phenoxy) is 1. The van der Waals surface area contributed by atoms with Gasteiger partial charge in [-0.1, -0.05) is 54.6 Å². The van der Waals surface area contributed by atoms with Gasteiger partial charge in [-0.25, -0.2) is 4.79 Å². The Labute approximate surface area is 187 Å². The smallest absolute Gasteiger partial charge is 1.00 e. The number of benzene rings is 2. The molecule has 1 aliphatic heterocycles. The van der Waals surface area contributed by atoms with Crippen LogP contribution >= 0.6 is 0 Å². The van der Waals surface area contributed by atoms with E-state index in [0.29, 0.717) is 6.54 Å². The quantitative estimate of drug-likeness (QED) is 0.391. The van der Waals surface area contributed by atoms with Crippen LogP contribution in [0.15, 0.2) is 54.6 Å². The Kier molecular flexibility index (Phi) is 8.50. The van der Waals surface area contributed by atoms with Crippen molar-refractivity contribution in [1.29, 1.82) is 0 Å². The summed E-state index contributed by atoms with van der Waals surface area (Å²) >= 11 is 0. The van der Waals surface area contributed by atoms with Gasteiger partial charge in [0.25, 0.3) is 0 Å². The number of hydrogen-bond acceptors (Lipinski definition) is 4. The van der Waals surface area contributed by atoms with Gasteiger partial charge in [0.2, 0.25) is 11.8 Å². The molecule has 3 amide bonds. The predicted molar refractivity (Wildman–Crippen MR) is 99.7 cm³/mol. The molecule has 8 heteroatoms. The van der Waals surface area contributed by atoms with Crippen LogP contribution in [-0.2, 0) is 33.9 Å². The third-order valence-corrected chi connectivity index (χ3v) is 4.24. The predicted octanol–water partition coefficient (Wildman–Crippen LogP) is -1.61. The van der Waals surface area contributed by atoms with Crippen molar-refractivity contribution in [2.45, 2.75) is 25.6 Å². The third kappa shape index (κ3) is 6.37. The second-order valence-electron chi connectivity index (χ2n) is 6.23. The molecule has 3 rings (SSSR count). The van der Waals surface area contributed by atoms with Crippen molar-refractivity contribution in [1.82, 2.24) is 16.0 Å². The second-order valence-corrected chi connectivity index (χ2v) is 6.23. The third-order valence-electron chi connectivity index (χ3n) is 4.24. The van der Waals surface area contributed by atoms with Crippen LogP contribution in [0.1, 0.15) is 18.1 Å². The normalized spacial score (nSPS) is 14.7. The summed E-state index contributed by atoms with van der Waals surface area (Å²) in [6.45, 7) is 0.905. The van der Waals surface area contributed by atoms with Crippen molar-refractivity contribution in [3.05, 3.63) is 71.3 Å². The number of alkyl carbamates (subject to hydrolysis) is 1. The summed E-state index contributed by atoms with van der Waals surface area (Å²) in [6, 6.07) is 16.3. The van der Waals surface area contributed by atoms with Gasteiger partial charge in [-0.15, -0.1) is 0 Å². The summed E-state index contributed by atoms with van der Waals surface area (Å²) in [6.07, 6.45) is -0.384. The summed E-state index contributed by atoms with van der Waals surface area (Å²) in [5, 5.41) is 7.96. The van der Waals surface area contributed by atoms with E-state index in [9.17, 15) is 14.4 Å². The molecule has 2 aromatic carbocycles. The largest absolute Gasteiger partial charge is 1.00 e. The average molecular weight is 391 g/mol. The van der Waals surface area contributed by atoms with E-state index in [1.807, 2.05) is 54.6 Å². The SMILES string of the molecule is O=C(Cc1ccccc1CNC(=O)OCc1ccccc1)NC1CNC1=O.[H-].[Na+]. The van der Waals surface area contributed by atoms with Crippen molar-refractivity contribution in [2.75, 3.05) is 6.54 Å². The Morgan fingerprint density at radius 3 is 2.39 bits per heavy atom.